The number of ketones is 1. The Kier molecular flexibility index (Phi) is 6.48. The maximum atomic E-state index is 12.4. The standard InChI is InChI=1S/C20H23BrN2O2S/c1-15(24)16-5-7-17(8-6-16)22-11-13-23(14-12-22)20(25)4-2-3-18-9-10-19(21)26-18/h5-10H,2-4,11-14H2,1H3. The van der Waals surface area contributed by atoms with Crippen molar-refractivity contribution in [2.75, 3.05) is 31.1 Å². The Balaban J connectivity index is 1.43. The van der Waals surface area contributed by atoms with Gasteiger partial charge in [-0.15, -0.1) is 11.3 Å². The van der Waals surface area contributed by atoms with Crippen LogP contribution in [0.1, 0.15) is 35.0 Å². The molecule has 0 saturated carbocycles. The van der Waals surface area contributed by atoms with Crippen LogP contribution in [0.3, 0.4) is 0 Å². The molecular weight excluding hydrogens is 412 g/mol. The minimum absolute atomic E-state index is 0.0851. The van der Waals surface area contributed by atoms with Crippen molar-refractivity contribution in [3.05, 3.63) is 50.6 Å². The Morgan fingerprint density at radius 1 is 1.04 bits per heavy atom. The minimum Gasteiger partial charge on any atom is -0.368 e. The first-order valence-corrected chi connectivity index (χ1v) is 10.5. The second kappa shape index (κ2) is 8.82. The van der Waals surface area contributed by atoms with Crippen LogP contribution in [-0.4, -0.2) is 42.8 Å². The van der Waals surface area contributed by atoms with Crippen LogP contribution in [0.4, 0.5) is 5.69 Å². The molecule has 4 nitrogen and oxygen atoms in total. The molecule has 0 atom stereocenters. The lowest BCUT2D eigenvalue weighted by atomic mass is 10.1. The highest BCUT2D eigenvalue weighted by molar-refractivity contribution is 9.11. The van der Waals surface area contributed by atoms with Gasteiger partial charge >= 0.3 is 0 Å². The number of carbonyl (C=O) groups excluding carboxylic acids is 2. The molecule has 0 spiro atoms. The van der Waals surface area contributed by atoms with E-state index in [1.165, 1.54) is 4.88 Å². The van der Waals surface area contributed by atoms with Gasteiger partial charge in [0, 0.05) is 48.7 Å². The van der Waals surface area contributed by atoms with Crippen molar-refractivity contribution in [3.8, 4) is 0 Å². The van der Waals surface area contributed by atoms with Crippen molar-refractivity contribution in [2.24, 2.45) is 0 Å². The van der Waals surface area contributed by atoms with Gasteiger partial charge in [-0.2, -0.15) is 0 Å². The number of rotatable bonds is 6. The molecule has 2 heterocycles. The van der Waals surface area contributed by atoms with Crippen molar-refractivity contribution in [1.29, 1.82) is 0 Å². The first-order valence-electron chi connectivity index (χ1n) is 8.91. The van der Waals surface area contributed by atoms with Crippen LogP contribution in [0.2, 0.25) is 0 Å². The smallest absolute Gasteiger partial charge is 0.222 e. The molecule has 138 valence electrons. The van der Waals surface area contributed by atoms with Gasteiger partial charge in [-0.1, -0.05) is 0 Å². The number of piperazine rings is 1. The van der Waals surface area contributed by atoms with E-state index >= 15 is 0 Å². The number of halogens is 1. The van der Waals surface area contributed by atoms with Crippen LogP contribution < -0.4 is 4.90 Å². The molecule has 0 N–H and O–H groups in total. The Labute approximate surface area is 166 Å². The summed E-state index contributed by atoms with van der Waals surface area (Å²) in [5.41, 5.74) is 1.85. The topological polar surface area (TPSA) is 40.6 Å². The SMILES string of the molecule is CC(=O)c1ccc(N2CCN(C(=O)CCCc3ccc(Br)s3)CC2)cc1. The predicted molar refractivity (Wildman–Crippen MR) is 110 cm³/mol. The maximum absolute atomic E-state index is 12.4. The van der Waals surface area contributed by atoms with Crippen molar-refractivity contribution in [1.82, 2.24) is 4.90 Å². The van der Waals surface area contributed by atoms with Gasteiger partial charge in [-0.05, 0) is 72.1 Å². The molecule has 1 fully saturated rings. The summed E-state index contributed by atoms with van der Waals surface area (Å²) in [5, 5.41) is 0. The Bertz CT molecular complexity index is 764. The summed E-state index contributed by atoms with van der Waals surface area (Å²) in [5.74, 6) is 0.342. The molecule has 1 aromatic heterocycles. The van der Waals surface area contributed by atoms with Gasteiger partial charge in [0.1, 0.15) is 0 Å². The largest absolute Gasteiger partial charge is 0.368 e. The molecule has 6 heteroatoms. The average molecular weight is 435 g/mol. The number of thiophene rings is 1. The fourth-order valence-corrected chi connectivity index (χ4v) is 4.70. The molecule has 1 aliphatic heterocycles. The Morgan fingerprint density at radius 3 is 2.31 bits per heavy atom. The number of hydrogen-bond donors (Lipinski definition) is 0. The number of carbonyl (C=O) groups is 2. The molecule has 2 aromatic rings. The van der Waals surface area contributed by atoms with Crippen molar-refractivity contribution in [2.45, 2.75) is 26.2 Å². The zero-order valence-electron chi connectivity index (χ0n) is 14.9. The third-order valence-corrected chi connectivity index (χ3v) is 6.40. The van der Waals surface area contributed by atoms with Crippen molar-refractivity contribution < 1.29 is 9.59 Å². The number of benzene rings is 1. The Morgan fingerprint density at radius 2 is 1.73 bits per heavy atom. The maximum Gasteiger partial charge on any atom is 0.222 e. The summed E-state index contributed by atoms with van der Waals surface area (Å²) >= 11 is 5.21. The first kappa shape index (κ1) is 19.1. The molecule has 0 radical (unpaired) electrons. The lowest BCUT2D eigenvalue weighted by Gasteiger charge is -2.36. The quantitative estimate of drug-likeness (QED) is 0.633. The second-order valence-corrected chi connectivity index (χ2v) is 9.08. The van der Waals surface area contributed by atoms with Crippen LogP contribution in [-0.2, 0) is 11.2 Å². The zero-order chi connectivity index (χ0) is 18.5. The number of aryl methyl sites for hydroxylation is 1. The number of amides is 1. The molecule has 26 heavy (non-hydrogen) atoms. The Hall–Kier alpha value is -1.66. The van der Waals surface area contributed by atoms with Gasteiger partial charge in [0.25, 0.3) is 0 Å². The third-order valence-electron chi connectivity index (χ3n) is 4.71. The van der Waals surface area contributed by atoms with E-state index in [1.807, 2.05) is 29.2 Å². The van der Waals surface area contributed by atoms with E-state index in [2.05, 4.69) is 33.0 Å². The van der Waals surface area contributed by atoms with E-state index in [9.17, 15) is 9.59 Å². The molecule has 0 bridgehead atoms. The highest BCUT2D eigenvalue weighted by Crippen LogP contribution is 2.23. The summed E-state index contributed by atoms with van der Waals surface area (Å²) in [4.78, 5) is 29.4. The number of Topliss-reactive ketones (excluding diaryl/α,β-unsaturated/α-hetero) is 1. The molecular formula is C20H23BrN2O2S. The second-order valence-electron chi connectivity index (χ2n) is 6.53. The van der Waals surface area contributed by atoms with E-state index in [4.69, 9.17) is 0 Å². The van der Waals surface area contributed by atoms with Crippen molar-refractivity contribution in [3.63, 3.8) is 0 Å². The summed E-state index contributed by atoms with van der Waals surface area (Å²) in [6, 6.07) is 11.9. The molecule has 1 saturated heterocycles. The highest BCUT2D eigenvalue weighted by Gasteiger charge is 2.21. The van der Waals surface area contributed by atoms with Gasteiger partial charge in [0.15, 0.2) is 5.78 Å². The van der Waals surface area contributed by atoms with Gasteiger partial charge in [0.05, 0.1) is 3.79 Å². The van der Waals surface area contributed by atoms with Crippen LogP contribution in [0.15, 0.2) is 40.2 Å². The molecule has 3 rings (SSSR count). The van der Waals surface area contributed by atoms with E-state index in [0.29, 0.717) is 6.42 Å². The summed E-state index contributed by atoms with van der Waals surface area (Å²) in [6.45, 7) is 4.78. The molecule has 1 aliphatic rings. The van der Waals surface area contributed by atoms with Gasteiger partial charge < -0.3 is 9.80 Å². The van der Waals surface area contributed by atoms with E-state index in [-0.39, 0.29) is 11.7 Å². The van der Waals surface area contributed by atoms with Crippen LogP contribution >= 0.6 is 27.3 Å². The first-order chi connectivity index (χ1) is 12.5. The average Bonchev–Trinajstić information content (AvgIpc) is 3.07. The molecule has 1 aromatic carbocycles. The molecule has 1 amide bonds. The minimum atomic E-state index is 0.0851. The van der Waals surface area contributed by atoms with Crippen LogP contribution in [0, 0.1) is 0 Å². The number of hydrogen-bond acceptors (Lipinski definition) is 4. The van der Waals surface area contributed by atoms with Crippen molar-refractivity contribution >= 4 is 44.6 Å². The highest BCUT2D eigenvalue weighted by atomic mass is 79.9. The van der Waals surface area contributed by atoms with Crippen LogP contribution in [0.25, 0.3) is 0 Å². The van der Waals surface area contributed by atoms with Gasteiger partial charge in [-0.25, -0.2) is 0 Å². The number of anilines is 1. The van der Waals surface area contributed by atoms with E-state index in [0.717, 1.165) is 54.1 Å². The van der Waals surface area contributed by atoms with Gasteiger partial charge in [0.2, 0.25) is 5.91 Å². The normalized spacial score (nSPS) is 14.5. The third kappa shape index (κ3) is 4.95. The van der Waals surface area contributed by atoms with E-state index < -0.39 is 0 Å². The summed E-state index contributed by atoms with van der Waals surface area (Å²) < 4.78 is 1.14. The van der Waals surface area contributed by atoms with Crippen LogP contribution in [0.5, 0.6) is 0 Å². The molecule has 0 unspecified atom stereocenters. The summed E-state index contributed by atoms with van der Waals surface area (Å²) in [7, 11) is 0. The fourth-order valence-electron chi connectivity index (χ4n) is 3.18. The lowest BCUT2D eigenvalue weighted by molar-refractivity contribution is -0.131. The summed E-state index contributed by atoms with van der Waals surface area (Å²) in [6.07, 6.45) is 2.48. The molecule has 0 aliphatic carbocycles. The predicted octanol–water partition coefficient (Wildman–Crippen LogP) is 4.38. The fraction of sp³-hybridized carbons (Fsp3) is 0.400. The van der Waals surface area contributed by atoms with E-state index in [1.54, 1.807) is 18.3 Å². The monoisotopic (exact) mass is 434 g/mol. The number of nitrogens with zero attached hydrogens (tertiary/aromatic N) is 2. The zero-order valence-corrected chi connectivity index (χ0v) is 17.3. The van der Waals surface area contributed by atoms with Gasteiger partial charge in [-0.3, -0.25) is 9.59 Å². The lowest BCUT2D eigenvalue weighted by Crippen LogP contribution is -2.48.